The minimum atomic E-state index is -2.94. The lowest BCUT2D eigenvalue weighted by Gasteiger charge is -2.25. The summed E-state index contributed by atoms with van der Waals surface area (Å²) in [5, 5.41) is 7.86. The lowest BCUT2D eigenvalue weighted by molar-refractivity contribution is 0.348. The Morgan fingerprint density at radius 2 is 1.89 bits per heavy atom. The van der Waals surface area contributed by atoms with Crippen molar-refractivity contribution in [2.45, 2.75) is 33.1 Å². The average Bonchev–Trinajstić information content (AvgIpc) is 2.53. The van der Waals surface area contributed by atoms with Gasteiger partial charge in [-0.25, -0.2) is 8.42 Å². The zero-order valence-electron chi connectivity index (χ0n) is 16.3. The predicted octanol–water partition coefficient (Wildman–Crippen LogP) is 4.17. The largest absolute Gasteiger partial charge is 0.356 e. The van der Waals surface area contributed by atoms with Gasteiger partial charge in [-0.3, -0.25) is 4.99 Å². The van der Waals surface area contributed by atoms with Crippen LogP contribution < -0.4 is 10.6 Å². The molecule has 5 nitrogen and oxygen atoms in total. The smallest absolute Gasteiger partial charge is 0.190 e. The Kier molecular flexibility index (Phi) is 12.2. The first-order valence-electron chi connectivity index (χ1n) is 8.58. The SMILES string of the molecule is CN=C(NCCCc1ccc(Cl)cc1Cl)NCC(C)(C)CCS(C)(=O)=O.I. The van der Waals surface area contributed by atoms with Gasteiger partial charge in [0.1, 0.15) is 9.84 Å². The van der Waals surface area contributed by atoms with Gasteiger partial charge in [0.25, 0.3) is 0 Å². The van der Waals surface area contributed by atoms with E-state index in [4.69, 9.17) is 23.2 Å². The van der Waals surface area contributed by atoms with Gasteiger partial charge in [0.2, 0.25) is 0 Å². The van der Waals surface area contributed by atoms with Crippen LogP contribution in [0.1, 0.15) is 32.3 Å². The topological polar surface area (TPSA) is 70.6 Å². The Labute approximate surface area is 190 Å². The molecule has 1 aromatic carbocycles. The third-order valence-corrected chi connectivity index (χ3v) is 5.57. The van der Waals surface area contributed by atoms with Gasteiger partial charge >= 0.3 is 0 Å². The van der Waals surface area contributed by atoms with Gasteiger partial charge in [0, 0.05) is 36.4 Å². The fourth-order valence-electron chi connectivity index (χ4n) is 2.30. The molecule has 0 aliphatic rings. The highest BCUT2D eigenvalue weighted by molar-refractivity contribution is 14.0. The van der Waals surface area contributed by atoms with E-state index in [2.05, 4.69) is 15.6 Å². The van der Waals surface area contributed by atoms with E-state index in [1.54, 1.807) is 13.1 Å². The van der Waals surface area contributed by atoms with Crippen molar-refractivity contribution in [1.82, 2.24) is 10.6 Å². The average molecular weight is 550 g/mol. The summed E-state index contributed by atoms with van der Waals surface area (Å²) in [5.41, 5.74) is 0.931. The highest BCUT2D eigenvalue weighted by Crippen LogP contribution is 2.22. The standard InChI is InChI=1S/C18H29Cl2N3O2S.HI/c1-18(2,9-11-26(4,24)25)13-23-17(21-3)22-10-5-6-14-7-8-15(19)12-16(14)20;/h7-8,12H,5-6,9-11,13H2,1-4H3,(H2,21,22,23);1H. The van der Waals surface area contributed by atoms with Crippen molar-refractivity contribution in [2.75, 3.05) is 32.1 Å². The summed E-state index contributed by atoms with van der Waals surface area (Å²) in [4.78, 5) is 4.21. The van der Waals surface area contributed by atoms with Crippen LogP contribution in [0.2, 0.25) is 10.0 Å². The number of sulfone groups is 1. The molecule has 0 saturated carbocycles. The summed E-state index contributed by atoms with van der Waals surface area (Å²) < 4.78 is 22.7. The molecular weight excluding hydrogens is 520 g/mol. The second-order valence-electron chi connectivity index (χ2n) is 7.24. The summed E-state index contributed by atoms with van der Waals surface area (Å²) >= 11 is 12.1. The van der Waals surface area contributed by atoms with Crippen molar-refractivity contribution in [3.05, 3.63) is 33.8 Å². The molecule has 0 bridgehead atoms. The number of halogens is 3. The van der Waals surface area contributed by atoms with E-state index in [-0.39, 0.29) is 35.1 Å². The molecule has 2 N–H and O–H groups in total. The van der Waals surface area contributed by atoms with Crippen LogP contribution in [0.25, 0.3) is 0 Å². The molecule has 0 heterocycles. The first-order chi connectivity index (χ1) is 12.0. The predicted molar refractivity (Wildman–Crippen MR) is 128 cm³/mol. The molecule has 27 heavy (non-hydrogen) atoms. The monoisotopic (exact) mass is 549 g/mol. The van der Waals surface area contributed by atoms with E-state index in [1.807, 2.05) is 26.0 Å². The highest BCUT2D eigenvalue weighted by Gasteiger charge is 2.20. The Bertz CT molecular complexity index is 725. The van der Waals surface area contributed by atoms with Gasteiger partial charge in [0.15, 0.2) is 5.96 Å². The van der Waals surface area contributed by atoms with Crippen LogP contribution in [0.15, 0.2) is 23.2 Å². The van der Waals surface area contributed by atoms with Crippen LogP contribution in [-0.2, 0) is 16.3 Å². The minimum Gasteiger partial charge on any atom is -0.356 e. The van der Waals surface area contributed by atoms with Gasteiger partial charge in [-0.15, -0.1) is 24.0 Å². The minimum absolute atomic E-state index is 0. The molecule has 0 atom stereocenters. The summed E-state index contributed by atoms with van der Waals surface area (Å²) in [6.07, 6.45) is 3.62. The lowest BCUT2D eigenvalue weighted by atomic mass is 9.90. The molecule has 0 unspecified atom stereocenters. The van der Waals surface area contributed by atoms with Crippen molar-refractivity contribution >= 4 is 63.0 Å². The van der Waals surface area contributed by atoms with Crippen LogP contribution in [-0.4, -0.2) is 46.5 Å². The normalized spacial score (nSPS) is 12.4. The summed E-state index contributed by atoms with van der Waals surface area (Å²) in [5.74, 6) is 0.898. The third-order valence-electron chi connectivity index (χ3n) is 4.04. The van der Waals surface area contributed by atoms with Gasteiger partial charge in [-0.2, -0.15) is 0 Å². The number of rotatable bonds is 9. The summed E-state index contributed by atoms with van der Waals surface area (Å²) in [7, 11) is -1.23. The maximum absolute atomic E-state index is 11.3. The summed E-state index contributed by atoms with van der Waals surface area (Å²) in [6.45, 7) is 5.48. The van der Waals surface area contributed by atoms with Crippen molar-refractivity contribution in [3.63, 3.8) is 0 Å². The van der Waals surface area contributed by atoms with E-state index >= 15 is 0 Å². The van der Waals surface area contributed by atoms with Gasteiger partial charge in [-0.05, 0) is 42.4 Å². The molecule has 0 saturated heterocycles. The Morgan fingerprint density at radius 3 is 2.44 bits per heavy atom. The van der Waals surface area contributed by atoms with Crippen LogP contribution in [0.5, 0.6) is 0 Å². The van der Waals surface area contributed by atoms with E-state index in [0.717, 1.165) is 24.9 Å². The molecule has 1 aromatic rings. The number of aliphatic imine (C=N–C) groups is 1. The van der Waals surface area contributed by atoms with Crippen molar-refractivity contribution in [1.29, 1.82) is 0 Å². The maximum atomic E-state index is 11.3. The molecular formula is C18H30Cl2IN3O2S. The molecule has 0 spiro atoms. The van der Waals surface area contributed by atoms with Gasteiger partial charge in [-0.1, -0.05) is 43.1 Å². The molecule has 0 fully saturated rings. The molecule has 0 radical (unpaired) electrons. The molecule has 0 aliphatic heterocycles. The highest BCUT2D eigenvalue weighted by atomic mass is 127. The number of nitrogens with one attached hydrogen (secondary N) is 2. The Balaban J connectivity index is 0.00000676. The molecule has 0 aromatic heterocycles. The molecule has 0 aliphatic carbocycles. The van der Waals surface area contributed by atoms with Crippen molar-refractivity contribution in [2.24, 2.45) is 10.4 Å². The lowest BCUT2D eigenvalue weighted by Crippen LogP contribution is -2.42. The number of nitrogens with zero attached hydrogens (tertiary/aromatic N) is 1. The molecule has 9 heteroatoms. The number of aryl methyl sites for hydroxylation is 1. The zero-order chi connectivity index (χ0) is 19.8. The number of benzene rings is 1. The number of hydrogen-bond donors (Lipinski definition) is 2. The Hall–Kier alpha value is -0.250. The Morgan fingerprint density at radius 1 is 1.22 bits per heavy atom. The van der Waals surface area contributed by atoms with Gasteiger partial charge in [0.05, 0.1) is 5.75 Å². The van der Waals surface area contributed by atoms with Crippen LogP contribution in [0.3, 0.4) is 0 Å². The number of hydrogen-bond acceptors (Lipinski definition) is 3. The molecule has 1 rings (SSSR count). The number of guanidine groups is 1. The van der Waals surface area contributed by atoms with Gasteiger partial charge < -0.3 is 10.6 Å². The first kappa shape index (κ1) is 26.8. The summed E-state index contributed by atoms with van der Waals surface area (Å²) in [6, 6.07) is 5.54. The maximum Gasteiger partial charge on any atom is 0.190 e. The quantitative estimate of drug-likeness (QED) is 0.210. The van der Waals surface area contributed by atoms with E-state index < -0.39 is 9.84 Å². The van der Waals surface area contributed by atoms with E-state index in [0.29, 0.717) is 29.0 Å². The van der Waals surface area contributed by atoms with Crippen molar-refractivity contribution in [3.8, 4) is 0 Å². The van der Waals surface area contributed by atoms with E-state index in [9.17, 15) is 8.42 Å². The molecule has 156 valence electrons. The second kappa shape index (κ2) is 12.3. The van der Waals surface area contributed by atoms with Crippen LogP contribution in [0.4, 0.5) is 0 Å². The van der Waals surface area contributed by atoms with Crippen LogP contribution in [0, 0.1) is 5.41 Å². The molecule has 0 amide bonds. The first-order valence-corrected chi connectivity index (χ1v) is 11.4. The second-order valence-corrected chi connectivity index (χ2v) is 10.3. The third kappa shape index (κ3) is 12.0. The van der Waals surface area contributed by atoms with Crippen molar-refractivity contribution < 1.29 is 8.42 Å². The zero-order valence-corrected chi connectivity index (χ0v) is 21.0. The fourth-order valence-corrected chi connectivity index (χ4v) is 3.73. The van der Waals surface area contributed by atoms with E-state index in [1.165, 1.54) is 6.26 Å². The van der Waals surface area contributed by atoms with Crippen LogP contribution >= 0.6 is 47.2 Å². The fraction of sp³-hybridized carbons (Fsp3) is 0.611.